The molecule has 6 N–H and O–H groups in total. The minimum Gasteiger partial charge on any atom is -0.410 e. The first kappa shape index (κ1) is 34.5. The number of nitrogens with one attached hydrogen (secondary N) is 5. The van der Waals surface area contributed by atoms with Crippen LogP contribution in [0.2, 0.25) is 0 Å². The number of nitrogens with zero attached hydrogens (tertiary/aromatic N) is 2. The van der Waals surface area contributed by atoms with E-state index in [2.05, 4.69) is 26.4 Å². The molecule has 5 rings (SSSR count). The standard InChI is InChI=1S/C34H41F2N7O5/c1-19(2)26-18-43(32(47)40-26)33(31(46)39-24-7-5-4-6-8-24)16-22-9-10-25(15-23(22)17-33)38-30(45)28(21-11-13-34(35,36)14-12-21)41-29(44)27(42-48)20(3)37/h4-10,15,19,21,26,28,37,48H,11-14,16-18H2,1-3H3,(H,38,45)(H,39,46)(H,40,47)(H,41,44)/b37-20?,42-27+/t26-,28-,33?/m0/s1. The molecule has 2 fully saturated rings. The van der Waals surface area contributed by atoms with Gasteiger partial charge in [-0.25, -0.2) is 13.6 Å². The maximum Gasteiger partial charge on any atom is 0.318 e. The number of urea groups is 1. The van der Waals surface area contributed by atoms with E-state index in [1.165, 1.54) is 6.92 Å². The van der Waals surface area contributed by atoms with Crippen LogP contribution >= 0.6 is 0 Å². The largest absolute Gasteiger partial charge is 0.410 e. The Labute approximate surface area is 277 Å². The molecule has 256 valence electrons. The molecule has 1 heterocycles. The number of rotatable bonds is 10. The molecule has 2 aromatic carbocycles. The Balaban J connectivity index is 1.40. The summed E-state index contributed by atoms with van der Waals surface area (Å²) in [6, 6.07) is 12.4. The van der Waals surface area contributed by atoms with Crippen molar-refractivity contribution >= 4 is 46.6 Å². The number of halogens is 2. The minimum atomic E-state index is -2.87. The summed E-state index contributed by atoms with van der Waals surface area (Å²) in [7, 11) is 0. The average Bonchev–Trinajstić information content (AvgIpc) is 3.62. The summed E-state index contributed by atoms with van der Waals surface area (Å²) in [5, 5.41) is 31.1. The van der Waals surface area contributed by atoms with Gasteiger partial charge in [-0.2, -0.15) is 0 Å². The minimum absolute atomic E-state index is 0.0287. The predicted molar refractivity (Wildman–Crippen MR) is 176 cm³/mol. The van der Waals surface area contributed by atoms with Crippen molar-refractivity contribution < 1.29 is 33.2 Å². The van der Waals surface area contributed by atoms with Crippen molar-refractivity contribution in [3.8, 4) is 0 Å². The van der Waals surface area contributed by atoms with Crippen LogP contribution in [-0.4, -0.2) is 75.4 Å². The van der Waals surface area contributed by atoms with Crippen LogP contribution < -0.4 is 21.3 Å². The van der Waals surface area contributed by atoms with E-state index in [1.807, 2.05) is 19.9 Å². The van der Waals surface area contributed by atoms with Crippen molar-refractivity contribution in [2.75, 3.05) is 17.2 Å². The van der Waals surface area contributed by atoms with E-state index in [9.17, 15) is 33.2 Å². The van der Waals surface area contributed by atoms with E-state index in [4.69, 9.17) is 5.41 Å². The highest BCUT2D eigenvalue weighted by Gasteiger charge is 2.53. The van der Waals surface area contributed by atoms with E-state index >= 15 is 0 Å². The maximum absolute atomic E-state index is 14.1. The normalized spacial score (nSPS) is 22.9. The smallest absolute Gasteiger partial charge is 0.318 e. The van der Waals surface area contributed by atoms with Gasteiger partial charge >= 0.3 is 6.03 Å². The molecular formula is C34H41F2N7O5. The van der Waals surface area contributed by atoms with Gasteiger partial charge in [0.15, 0.2) is 5.71 Å². The molecule has 1 saturated heterocycles. The van der Waals surface area contributed by atoms with E-state index in [0.29, 0.717) is 17.9 Å². The van der Waals surface area contributed by atoms with Gasteiger partial charge in [0, 0.05) is 43.6 Å². The van der Waals surface area contributed by atoms with Crippen molar-refractivity contribution in [2.24, 2.45) is 17.0 Å². The van der Waals surface area contributed by atoms with Gasteiger partial charge in [-0.15, -0.1) is 0 Å². The molecular weight excluding hydrogens is 624 g/mol. The summed E-state index contributed by atoms with van der Waals surface area (Å²) in [5.41, 5.74) is 0.320. The number of para-hydroxylation sites is 1. The second-order valence-electron chi connectivity index (χ2n) is 13.3. The van der Waals surface area contributed by atoms with E-state index < -0.39 is 53.8 Å². The molecule has 1 unspecified atom stereocenters. The fourth-order valence-electron chi connectivity index (χ4n) is 6.80. The second kappa shape index (κ2) is 13.7. The van der Waals surface area contributed by atoms with Crippen molar-refractivity contribution in [1.82, 2.24) is 15.5 Å². The Morgan fingerprint density at radius 3 is 2.29 bits per heavy atom. The highest BCUT2D eigenvalue weighted by Crippen LogP contribution is 2.40. The van der Waals surface area contributed by atoms with Gasteiger partial charge in [-0.1, -0.05) is 43.3 Å². The van der Waals surface area contributed by atoms with Gasteiger partial charge in [0.25, 0.3) is 11.8 Å². The van der Waals surface area contributed by atoms with Gasteiger partial charge in [-0.05, 0) is 67.0 Å². The molecule has 2 aliphatic carbocycles. The molecule has 5 amide bonds. The summed E-state index contributed by atoms with van der Waals surface area (Å²) < 4.78 is 28.0. The lowest BCUT2D eigenvalue weighted by Gasteiger charge is -2.36. The molecule has 3 atom stereocenters. The number of fused-ring (bicyclic) bond motifs is 1. The Kier molecular flexibility index (Phi) is 9.83. The topological polar surface area (TPSA) is 176 Å². The van der Waals surface area contributed by atoms with Crippen molar-refractivity contribution in [3.05, 3.63) is 59.7 Å². The Hall–Kier alpha value is -4.88. The zero-order chi connectivity index (χ0) is 34.8. The Bertz CT molecular complexity index is 1620. The Morgan fingerprint density at radius 1 is 1.02 bits per heavy atom. The van der Waals surface area contributed by atoms with Crippen molar-refractivity contribution in [1.29, 1.82) is 5.41 Å². The molecule has 48 heavy (non-hydrogen) atoms. The summed E-state index contributed by atoms with van der Waals surface area (Å²) in [6.07, 6.45) is -0.534. The van der Waals surface area contributed by atoms with Gasteiger partial charge in [-0.3, -0.25) is 14.4 Å². The highest BCUT2D eigenvalue weighted by atomic mass is 19.3. The summed E-state index contributed by atoms with van der Waals surface area (Å²) in [5.74, 6) is -5.34. The van der Waals surface area contributed by atoms with Crippen LogP contribution in [0.1, 0.15) is 57.6 Å². The predicted octanol–water partition coefficient (Wildman–Crippen LogP) is 4.33. The number of amides is 5. The van der Waals surface area contributed by atoms with Gasteiger partial charge in [0.05, 0.1) is 11.8 Å². The van der Waals surface area contributed by atoms with Crippen LogP contribution in [0.15, 0.2) is 53.7 Å². The number of anilines is 2. The zero-order valence-corrected chi connectivity index (χ0v) is 27.1. The average molecular weight is 666 g/mol. The van der Waals surface area contributed by atoms with Gasteiger partial charge in [0.2, 0.25) is 11.8 Å². The quantitative estimate of drug-likeness (QED) is 0.126. The molecule has 12 nitrogen and oxygen atoms in total. The molecule has 2 aromatic rings. The summed E-state index contributed by atoms with van der Waals surface area (Å²) in [6.45, 7) is 5.58. The van der Waals surface area contributed by atoms with E-state index in [-0.39, 0.29) is 55.3 Å². The van der Waals surface area contributed by atoms with Crippen molar-refractivity contribution in [2.45, 2.75) is 82.8 Å². The van der Waals surface area contributed by atoms with Gasteiger partial charge < -0.3 is 36.8 Å². The van der Waals surface area contributed by atoms with Crippen LogP contribution in [0.5, 0.6) is 0 Å². The summed E-state index contributed by atoms with van der Waals surface area (Å²) >= 11 is 0. The molecule has 0 spiro atoms. The first-order chi connectivity index (χ1) is 22.7. The number of carbonyl (C=O) groups is 4. The third-order valence-electron chi connectivity index (χ3n) is 9.62. The fourth-order valence-corrected chi connectivity index (χ4v) is 6.80. The van der Waals surface area contributed by atoms with Crippen molar-refractivity contribution in [3.63, 3.8) is 0 Å². The van der Waals surface area contributed by atoms with Gasteiger partial charge in [0.1, 0.15) is 11.6 Å². The highest BCUT2D eigenvalue weighted by molar-refractivity contribution is 6.65. The number of hydrogen-bond acceptors (Lipinski definition) is 7. The third kappa shape index (κ3) is 7.16. The number of carbonyl (C=O) groups excluding carboxylic acids is 4. The molecule has 14 heteroatoms. The third-order valence-corrected chi connectivity index (χ3v) is 9.62. The molecule has 1 aliphatic heterocycles. The lowest BCUT2D eigenvalue weighted by atomic mass is 9.81. The second-order valence-corrected chi connectivity index (χ2v) is 13.3. The van der Waals surface area contributed by atoms with Crippen LogP contribution in [0.3, 0.4) is 0 Å². The molecule has 1 saturated carbocycles. The first-order valence-electron chi connectivity index (χ1n) is 16.1. The first-order valence-corrected chi connectivity index (χ1v) is 16.1. The number of alkyl halides is 2. The number of benzene rings is 2. The lowest BCUT2D eigenvalue weighted by molar-refractivity contribution is -0.126. The zero-order valence-electron chi connectivity index (χ0n) is 27.1. The maximum atomic E-state index is 14.1. The molecule has 3 aliphatic rings. The number of hydrogen-bond donors (Lipinski definition) is 6. The van der Waals surface area contributed by atoms with E-state index in [1.54, 1.807) is 47.4 Å². The SMILES string of the molecule is CC(=N)/C(=N\O)C(=O)N[C@H](C(=O)Nc1ccc2c(c1)CC(C(=O)Nc1ccccc1)(N1C[C@@H](C(C)C)NC1=O)C2)C1CCC(F)(F)CC1. The molecule has 0 aromatic heterocycles. The Morgan fingerprint density at radius 2 is 1.69 bits per heavy atom. The molecule has 0 radical (unpaired) electrons. The fraction of sp³-hybridized carbons (Fsp3) is 0.471. The monoisotopic (exact) mass is 665 g/mol. The van der Waals surface area contributed by atoms with Crippen LogP contribution in [0, 0.1) is 17.2 Å². The van der Waals surface area contributed by atoms with Crippen LogP contribution in [0.4, 0.5) is 25.0 Å². The summed E-state index contributed by atoms with van der Waals surface area (Å²) in [4.78, 5) is 55.5. The lowest BCUT2D eigenvalue weighted by Crippen LogP contribution is -2.59. The van der Waals surface area contributed by atoms with E-state index in [0.717, 1.165) is 11.1 Å². The number of oxime groups is 1. The van der Waals surface area contributed by atoms with Crippen LogP contribution in [-0.2, 0) is 27.2 Å². The molecule has 0 bridgehead atoms. The van der Waals surface area contributed by atoms with Crippen LogP contribution in [0.25, 0.3) is 0 Å².